The molecule has 4 rings (SSSR count). The molecule has 2 aromatic carbocycles. The maximum Gasteiger partial charge on any atom is 0.254 e. The largest absolute Gasteiger partial charge is 0.457 e. The highest BCUT2D eigenvalue weighted by Crippen LogP contribution is 2.27. The van der Waals surface area contributed by atoms with Gasteiger partial charge in [-0.2, -0.15) is 0 Å². The zero-order valence-corrected chi connectivity index (χ0v) is 13.8. The normalized spacial score (nSPS) is 13.4. The SMILES string of the molecule is O=C1c2cc(Oc3ccccc3)ccc2CCN1Cc1cccnc1. The van der Waals surface area contributed by atoms with Crippen molar-refractivity contribution < 1.29 is 9.53 Å². The quantitative estimate of drug-likeness (QED) is 0.724. The van der Waals surface area contributed by atoms with Crippen molar-refractivity contribution in [3.05, 3.63) is 89.7 Å². The first-order valence-corrected chi connectivity index (χ1v) is 8.33. The lowest BCUT2D eigenvalue weighted by Gasteiger charge is -2.28. The molecule has 0 radical (unpaired) electrons. The number of rotatable bonds is 4. The van der Waals surface area contributed by atoms with Gasteiger partial charge in [-0.3, -0.25) is 9.78 Å². The van der Waals surface area contributed by atoms with E-state index in [1.807, 2.05) is 65.6 Å². The van der Waals surface area contributed by atoms with E-state index in [9.17, 15) is 4.79 Å². The molecule has 0 atom stereocenters. The Morgan fingerprint density at radius 3 is 2.68 bits per heavy atom. The van der Waals surface area contributed by atoms with Gasteiger partial charge in [-0.15, -0.1) is 0 Å². The Kier molecular flexibility index (Phi) is 4.17. The van der Waals surface area contributed by atoms with Crippen molar-refractivity contribution in [3.8, 4) is 11.5 Å². The van der Waals surface area contributed by atoms with Gasteiger partial charge >= 0.3 is 0 Å². The molecule has 2 heterocycles. The van der Waals surface area contributed by atoms with E-state index in [2.05, 4.69) is 4.98 Å². The average molecular weight is 330 g/mol. The molecule has 0 saturated carbocycles. The fourth-order valence-electron chi connectivity index (χ4n) is 3.05. The molecule has 3 aromatic rings. The van der Waals surface area contributed by atoms with Crippen molar-refractivity contribution in [2.45, 2.75) is 13.0 Å². The van der Waals surface area contributed by atoms with E-state index in [1.165, 1.54) is 0 Å². The van der Waals surface area contributed by atoms with E-state index in [0.717, 1.165) is 35.4 Å². The number of fused-ring (bicyclic) bond motifs is 1. The van der Waals surface area contributed by atoms with Crippen LogP contribution in [0, 0.1) is 0 Å². The molecular formula is C21H18N2O2. The van der Waals surface area contributed by atoms with Gasteiger partial charge in [0.05, 0.1) is 0 Å². The van der Waals surface area contributed by atoms with Crippen molar-refractivity contribution in [2.75, 3.05) is 6.54 Å². The fourth-order valence-corrected chi connectivity index (χ4v) is 3.05. The average Bonchev–Trinajstić information content (AvgIpc) is 2.66. The molecule has 25 heavy (non-hydrogen) atoms. The minimum absolute atomic E-state index is 0.0450. The number of benzene rings is 2. The van der Waals surface area contributed by atoms with Crippen LogP contribution in [0.3, 0.4) is 0 Å². The van der Waals surface area contributed by atoms with Crippen molar-refractivity contribution >= 4 is 5.91 Å². The Bertz CT molecular complexity index is 879. The third kappa shape index (κ3) is 3.38. The van der Waals surface area contributed by atoms with Crippen LogP contribution in [0.25, 0.3) is 0 Å². The van der Waals surface area contributed by atoms with Crippen LogP contribution in [0.2, 0.25) is 0 Å². The summed E-state index contributed by atoms with van der Waals surface area (Å²) in [5.74, 6) is 1.49. The number of carbonyl (C=O) groups excluding carboxylic acids is 1. The van der Waals surface area contributed by atoms with Crippen LogP contribution in [0.1, 0.15) is 21.5 Å². The van der Waals surface area contributed by atoms with E-state index in [0.29, 0.717) is 12.3 Å². The van der Waals surface area contributed by atoms with Crippen LogP contribution in [-0.2, 0) is 13.0 Å². The first-order chi connectivity index (χ1) is 12.3. The molecular weight excluding hydrogens is 312 g/mol. The summed E-state index contributed by atoms with van der Waals surface area (Å²) in [4.78, 5) is 18.9. The molecule has 0 spiro atoms. The number of ether oxygens (including phenoxy) is 1. The Balaban J connectivity index is 1.56. The minimum atomic E-state index is 0.0450. The highest BCUT2D eigenvalue weighted by molar-refractivity contribution is 5.97. The smallest absolute Gasteiger partial charge is 0.254 e. The number of hydrogen-bond acceptors (Lipinski definition) is 3. The van der Waals surface area contributed by atoms with Crippen molar-refractivity contribution in [1.82, 2.24) is 9.88 Å². The minimum Gasteiger partial charge on any atom is -0.457 e. The maximum absolute atomic E-state index is 12.9. The number of para-hydroxylation sites is 1. The number of nitrogens with zero attached hydrogens (tertiary/aromatic N) is 2. The Morgan fingerprint density at radius 2 is 1.88 bits per heavy atom. The lowest BCUT2D eigenvalue weighted by atomic mass is 9.98. The second-order valence-corrected chi connectivity index (χ2v) is 6.07. The second-order valence-electron chi connectivity index (χ2n) is 6.07. The molecule has 1 aromatic heterocycles. The van der Waals surface area contributed by atoms with Crippen LogP contribution in [0.4, 0.5) is 0 Å². The standard InChI is InChI=1S/C21H18N2O2/c24-21-20-13-19(25-18-6-2-1-3-7-18)9-8-17(20)10-12-23(21)15-16-5-4-11-22-14-16/h1-9,11,13-14H,10,12,15H2. The van der Waals surface area contributed by atoms with Gasteiger partial charge in [0.1, 0.15) is 11.5 Å². The monoisotopic (exact) mass is 330 g/mol. The molecule has 1 aliphatic rings. The van der Waals surface area contributed by atoms with Crippen LogP contribution in [-0.4, -0.2) is 22.3 Å². The van der Waals surface area contributed by atoms with Crippen LogP contribution >= 0.6 is 0 Å². The molecule has 0 aliphatic carbocycles. The number of hydrogen-bond donors (Lipinski definition) is 0. The molecule has 4 nitrogen and oxygen atoms in total. The van der Waals surface area contributed by atoms with Gasteiger partial charge in [0.15, 0.2) is 0 Å². The maximum atomic E-state index is 12.9. The Hall–Kier alpha value is -3.14. The molecule has 124 valence electrons. The summed E-state index contributed by atoms with van der Waals surface area (Å²) in [6.45, 7) is 1.30. The van der Waals surface area contributed by atoms with Crippen LogP contribution in [0.5, 0.6) is 11.5 Å². The summed E-state index contributed by atoms with van der Waals surface area (Å²) < 4.78 is 5.87. The van der Waals surface area contributed by atoms with Gasteiger partial charge in [-0.1, -0.05) is 30.3 Å². The van der Waals surface area contributed by atoms with Gasteiger partial charge in [-0.25, -0.2) is 0 Å². The lowest BCUT2D eigenvalue weighted by Crippen LogP contribution is -2.37. The third-order valence-corrected chi connectivity index (χ3v) is 4.33. The predicted octanol–water partition coefficient (Wildman–Crippen LogP) is 4.07. The summed E-state index contributed by atoms with van der Waals surface area (Å²) in [5.41, 5.74) is 2.84. The summed E-state index contributed by atoms with van der Waals surface area (Å²) in [6.07, 6.45) is 4.40. The van der Waals surface area contributed by atoms with Gasteiger partial charge in [0.25, 0.3) is 5.91 Å². The summed E-state index contributed by atoms with van der Waals surface area (Å²) in [7, 11) is 0. The predicted molar refractivity (Wildman–Crippen MR) is 95.6 cm³/mol. The van der Waals surface area contributed by atoms with Crippen LogP contribution in [0.15, 0.2) is 73.1 Å². The zero-order chi connectivity index (χ0) is 17.1. The van der Waals surface area contributed by atoms with E-state index in [1.54, 1.807) is 12.4 Å². The Labute approximate surface area is 146 Å². The molecule has 0 fully saturated rings. The molecule has 0 unspecified atom stereocenters. The van der Waals surface area contributed by atoms with E-state index in [-0.39, 0.29) is 5.91 Å². The molecule has 1 aliphatic heterocycles. The second kappa shape index (κ2) is 6.77. The zero-order valence-electron chi connectivity index (χ0n) is 13.8. The topological polar surface area (TPSA) is 42.4 Å². The van der Waals surface area contributed by atoms with Gasteiger partial charge < -0.3 is 9.64 Å². The summed E-state index contributed by atoms with van der Waals surface area (Å²) in [6, 6.07) is 19.2. The highest BCUT2D eigenvalue weighted by atomic mass is 16.5. The molecule has 1 amide bonds. The van der Waals surface area contributed by atoms with Gasteiger partial charge in [-0.05, 0) is 47.9 Å². The first kappa shape index (κ1) is 15.4. The first-order valence-electron chi connectivity index (χ1n) is 8.33. The molecule has 0 bridgehead atoms. The third-order valence-electron chi connectivity index (χ3n) is 4.33. The fraction of sp³-hybridized carbons (Fsp3) is 0.143. The summed E-state index contributed by atoms with van der Waals surface area (Å²) in [5, 5.41) is 0. The van der Waals surface area contributed by atoms with E-state index in [4.69, 9.17) is 4.74 Å². The van der Waals surface area contributed by atoms with Crippen molar-refractivity contribution in [2.24, 2.45) is 0 Å². The van der Waals surface area contributed by atoms with Crippen molar-refractivity contribution in [1.29, 1.82) is 0 Å². The highest BCUT2D eigenvalue weighted by Gasteiger charge is 2.25. The van der Waals surface area contributed by atoms with Gasteiger partial charge in [0, 0.05) is 31.0 Å². The summed E-state index contributed by atoms with van der Waals surface area (Å²) >= 11 is 0. The molecule has 0 N–H and O–H groups in total. The number of pyridine rings is 1. The molecule has 0 saturated heterocycles. The number of aromatic nitrogens is 1. The van der Waals surface area contributed by atoms with Crippen molar-refractivity contribution in [3.63, 3.8) is 0 Å². The van der Waals surface area contributed by atoms with Crippen LogP contribution < -0.4 is 4.74 Å². The number of amides is 1. The Morgan fingerprint density at radius 1 is 1.00 bits per heavy atom. The van der Waals surface area contributed by atoms with E-state index >= 15 is 0 Å². The van der Waals surface area contributed by atoms with Gasteiger partial charge in [0.2, 0.25) is 0 Å². The van der Waals surface area contributed by atoms with E-state index < -0.39 is 0 Å². The number of carbonyl (C=O) groups is 1. The molecule has 4 heteroatoms. The lowest BCUT2D eigenvalue weighted by molar-refractivity contribution is 0.0726.